The Balaban J connectivity index is 4.34. The van der Waals surface area contributed by atoms with Crippen LogP contribution in [-0.4, -0.2) is 43.9 Å². The van der Waals surface area contributed by atoms with Gasteiger partial charge in [0.25, 0.3) is 0 Å². The molecule has 0 aliphatic rings. The molecule has 0 aliphatic heterocycles. The molecule has 0 spiro atoms. The maximum atomic E-state index is 11.6. The van der Waals surface area contributed by atoms with Gasteiger partial charge in [-0.15, -0.1) is 0 Å². The van der Waals surface area contributed by atoms with E-state index < -0.39 is 23.9 Å². The average molecular weight is 287 g/mol. The number of Topliss-reactive ketones (excluding diaryl/α,β-unsaturated/α-hetero) is 1. The summed E-state index contributed by atoms with van der Waals surface area (Å²) in [5.74, 6) is -1.58. The fourth-order valence-electron chi connectivity index (χ4n) is 1.46. The van der Waals surface area contributed by atoms with Gasteiger partial charge < -0.3 is 14.8 Å². The quantitative estimate of drug-likeness (QED) is 0.615. The number of amides is 1. The van der Waals surface area contributed by atoms with Gasteiger partial charge in [-0.2, -0.15) is 0 Å². The van der Waals surface area contributed by atoms with Gasteiger partial charge in [-0.1, -0.05) is 6.92 Å². The highest BCUT2D eigenvalue weighted by Gasteiger charge is 2.22. The number of hydrogen-bond donors (Lipinski definition) is 1. The molecule has 1 atom stereocenters. The fraction of sp³-hybridized carbons (Fsp3) is 0.692. The molecule has 1 amide bonds. The first-order valence-corrected chi connectivity index (χ1v) is 6.40. The number of ketones is 1. The Morgan fingerprint density at radius 1 is 1.00 bits per heavy atom. The van der Waals surface area contributed by atoms with Crippen molar-refractivity contribution in [3.05, 3.63) is 0 Å². The summed E-state index contributed by atoms with van der Waals surface area (Å²) in [4.78, 5) is 45.2. The van der Waals surface area contributed by atoms with Crippen LogP contribution in [0.1, 0.15) is 39.0 Å². The van der Waals surface area contributed by atoms with Crippen LogP contribution in [0, 0.1) is 0 Å². The molecule has 0 rings (SSSR count). The van der Waals surface area contributed by atoms with Gasteiger partial charge in [-0.3, -0.25) is 14.4 Å². The van der Waals surface area contributed by atoms with E-state index in [9.17, 15) is 19.2 Å². The molecule has 0 heterocycles. The third-order valence-corrected chi connectivity index (χ3v) is 2.71. The minimum atomic E-state index is -0.874. The summed E-state index contributed by atoms with van der Waals surface area (Å²) in [6.45, 7) is 1.73. The molecular weight excluding hydrogens is 266 g/mol. The van der Waals surface area contributed by atoms with Crippen molar-refractivity contribution in [3.63, 3.8) is 0 Å². The zero-order valence-electron chi connectivity index (χ0n) is 12.1. The highest BCUT2D eigenvalue weighted by Crippen LogP contribution is 2.04. The molecule has 0 fully saturated rings. The van der Waals surface area contributed by atoms with E-state index in [1.54, 1.807) is 6.92 Å². The third kappa shape index (κ3) is 7.50. The summed E-state index contributed by atoms with van der Waals surface area (Å²) in [7, 11) is 2.44. The van der Waals surface area contributed by atoms with Gasteiger partial charge in [0.2, 0.25) is 5.91 Å². The first-order valence-electron chi connectivity index (χ1n) is 6.40. The van der Waals surface area contributed by atoms with Crippen molar-refractivity contribution in [3.8, 4) is 0 Å². The summed E-state index contributed by atoms with van der Waals surface area (Å²) in [6.07, 6.45) is 0.604. The molecule has 114 valence electrons. The average Bonchev–Trinajstić information content (AvgIpc) is 2.47. The molecule has 0 bridgehead atoms. The van der Waals surface area contributed by atoms with E-state index >= 15 is 0 Å². The second-order valence-corrected chi connectivity index (χ2v) is 4.15. The number of esters is 2. The number of methoxy groups -OCH3 is 2. The summed E-state index contributed by atoms with van der Waals surface area (Å²) in [5.41, 5.74) is 0. The maximum absolute atomic E-state index is 11.6. The number of nitrogens with one attached hydrogen (secondary N) is 1. The van der Waals surface area contributed by atoms with Crippen LogP contribution in [0.2, 0.25) is 0 Å². The number of carbonyl (C=O) groups excluding carboxylic acids is 4. The van der Waals surface area contributed by atoms with E-state index in [1.165, 1.54) is 14.2 Å². The van der Waals surface area contributed by atoms with Crippen LogP contribution >= 0.6 is 0 Å². The van der Waals surface area contributed by atoms with Crippen LogP contribution in [0.25, 0.3) is 0 Å². The molecule has 0 radical (unpaired) electrons. The van der Waals surface area contributed by atoms with Gasteiger partial charge in [0.1, 0.15) is 11.8 Å². The second-order valence-electron chi connectivity index (χ2n) is 4.15. The van der Waals surface area contributed by atoms with Gasteiger partial charge in [-0.05, 0) is 6.42 Å². The van der Waals surface area contributed by atoms with E-state index in [2.05, 4.69) is 14.8 Å². The van der Waals surface area contributed by atoms with E-state index in [-0.39, 0.29) is 31.5 Å². The summed E-state index contributed by atoms with van der Waals surface area (Å²) < 4.78 is 8.98. The van der Waals surface area contributed by atoms with Crippen molar-refractivity contribution in [2.75, 3.05) is 14.2 Å². The Morgan fingerprint density at radius 3 is 2.15 bits per heavy atom. The smallest absolute Gasteiger partial charge is 0.328 e. The predicted molar refractivity (Wildman–Crippen MR) is 69.7 cm³/mol. The van der Waals surface area contributed by atoms with Crippen molar-refractivity contribution in [1.29, 1.82) is 0 Å². The van der Waals surface area contributed by atoms with Gasteiger partial charge in [0.15, 0.2) is 0 Å². The van der Waals surface area contributed by atoms with Gasteiger partial charge in [0, 0.05) is 19.3 Å². The lowest BCUT2D eigenvalue weighted by Crippen LogP contribution is -2.41. The third-order valence-electron chi connectivity index (χ3n) is 2.71. The first-order chi connectivity index (χ1) is 9.44. The van der Waals surface area contributed by atoms with E-state index in [0.29, 0.717) is 6.42 Å². The SMILES string of the molecule is CCC(=O)CC[C@@H](NC(=O)CCC(=O)OC)C(=O)OC. The lowest BCUT2D eigenvalue weighted by atomic mass is 10.1. The van der Waals surface area contributed by atoms with Crippen LogP contribution in [-0.2, 0) is 28.7 Å². The van der Waals surface area contributed by atoms with E-state index in [1.807, 2.05) is 0 Å². The van der Waals surface area contributed by atoms with Gasteiger partial charge in [0.05, 0.1) is 20.6 Å². The van der Waals surface area contributed by atoms with Crippen LogP contribution in [0.3, 0.4) is 0 Å². The largest absolute Gasteiger partial charge is 0.469 e. The van der Waals surface area contributed by atoms with Crippen molar-refractivity contribution in [2.45, 2.75) is 45.1 Å². The van der Waals surface area contributed by atoms with E-state index in [4.69, 9.17) is 0 Å². The zero-order chi connectivity index (χ0) is 15.5. The molecule has 0 aromatic carbocycles. The lowest BCUT2D eigenvalue weighted by molar-refractivity contribution is -0.145. The Labute approximate surface area is 118 Å². The molecular formula is C13H21NO6. The molecule has 0 saturated carbocycles. The molecule has 0 saturated heterocycles. The van der Waals surface area contributed by atoms with Crippen molar-refractivity contribution >= 4 is 23.6 Å². The molecule has 0 aromatic heterocycles. The Hall–Kier alpha value is -1.92. The Morgan fingerprint density at radius 2 is 1.65 bits per heavy atom. The standard InChI is InChI=1S/C13H21NO6/c1-4-9(15)5-6-10(13(18)20-3)14-11(16)7-8-12(17)19-2/h10H,4-8H2,1-3H3,(H,14,16)/t10-/m1/s1. The molecule has 0 aromatic rings. The lowest BCUT2D eigenvalue weighted by Gasteiger charge is -2.15. The minimum Gasteiger partial charge on any atom is -0.469 e. The van der Waals surface area contributed by atoms with Crippen molar-refractivity contribution in [1.82, 2.24) is 5.32 Å². The van der Waals surface area contributed by atoms with Gasteiger partial charge in [-0.25, -0.2) is 4.79 Å². The van der Waals surface area contributed by atoms with Crippen LogP contribution < -0.4 is 5.32 Å². The molecule has 0 unspecified atom stereocenters. The topological polar surface area (TPSA) is 98.8 Å². The molecule has 1 N–H and O–H groups in total. The summed E-state index contributed by atoms with van der Waals surface area (Å²) >= 11 is 0. The highest BCUT2D eigenvalue weighted by molar-refractivity contribution is 5.87. The normalized spacial score (nSPS) is 11.3. The molecule has 0 aliphatic carbocycles. The minimum absolute atomic E-state index is 0.00251. The highest BCUT2D eigenvalue weighted by atomic mass is 16.5. The molecule has 20 heavy (non-hydrogen) atoms. The summed E-state index contributed by atoms with van der Waals surface area (Å²) in [5, 5.41) is 2.45. The Kier molecular flexibility index (Phi) is 8.98. The maximum Gasteiger partial charge on any atom is 0.328 e. The number of carbonyl (C=O) groups is 4. The molecule has 7 nitrogen and oxygen atoms in total. The number of rotatable bonds is 9. The number of ether oxygens (including phenoxy) is 2. The van der Waals surface area contributed by atoms with Crippen molar-refractivity contribution < 1.29 is 28.7 Å². The second kappa shape index (κ2) is 9.94. The van der Waals surface area contributed by atoms with Gasteiger partial charge >= 0.3 is 11.9 Å². The monoisotopic (exact) mass is 287 g/mol. The zero-order valence-corrected chi connectivity index (χ0v) is 12.1. The first kappa shape index (κ1) is 18.1. The fourth-order valence-corrected chi connectivity index (χ4v) is 1.46. The van der Waals surface area contributed by atoms with Crippen LogP contribution in [0.5, 0.6) is 0 Å². The van der Waals surface area contributed by atoms with E-state index in [0.717, 1.165) is 0 Å². The summed E-state index contributed by atoms with van der Waals surface area (Å²) in [6, 6.07) is -0.874. The number of hydrogen-bond acceptors (Lipinski definition) is 6. The van der Waals surface area contributed by atoms with Crippen molar-refractivity contribution in [2.24, 2.45) is 0 Å². The van der Waals surface area contributed by atoms with Crippen LogP contribution in [0.15, 0.2) is 0 Å². The predicted octanol–water partition coefficient (Wildman–Crippen LogP) is 0.357. The molecule has 7 heteroatoms. The Bertz CT molecular complexity index is 366. The van der Waals surface area contributed by atoms with Crippen LogP contribution in [0.4, 0.5) is 0 Å².